The van der Waals surface area contributed by atoms with Crippen molar-refractivity contribution >= 4 is 17.5 Å². The first-order valence-corrected chi connectivity index (χ1v) is 6.70. The van der Waals surface area contributed by atoms with Crippen LogP contribution in [0.2, 0.25) is 5.02 Å². The van der Waals surface area contributed by atoms with E-state index in [2.05, 4.69) is 5.32 Å². The molecule has 0 radical (unpaired) electrons. The van der Waals surface area contributed by atoms with Crippen molar-refractivity contribution in [2.75, 3.05) is 13.6 Å². The van der Waals surface area contributed by atoms with Crippen LogP contribution in [0, 0.1) is 5.82 Å². The molecule has 3 nitrogen and oxygen atoms in total. The summed E-state index contributed by atoms with van der Waals surface area (Å²) in [5, 5.41) is 3.26. The average molecular weight is 287 g/mol. The van der Waals surface area contributed by atoms with Crippen molar-refractivity contribution in [2.24, 2.45) is 0 Å². The molecule has 1 aromatic carbocycles. The Hall–Kier alpha value is -1.13. The van der Waals surface area contributed by atoms with E-state index in [0.717, 1.165) is 5.56 Å². The Morgan fingerprint density at radius 3 is 2.63 bits per heavy atom. The lowest BCUT2D eigenvalue weighted by Crippen LogP contribution is -2.43. The number of nitrogens with zero attached hydrogens (tertiary/aromatic N) is 1. The Kier molecular flexibility index (Phi) is 5.76. The van der Waals surface area contributed by atoms with Crippen LogP contribution in [0.5, 0.6) is 0 Å². The van der Waals surface area contributed by atoms with Crippen LogP contribution in [0.15, 0.2) is 18.2 Å². The molecule has 0 bridgehead atoms. The molecule has 0 fully saturated rings. The fraction of sp³-hybridized carbons (Fsp3) is 0.500. The van der Waals surface area contributed by atoms with Crippen LogP contribution in [0.4, 0.5) is 4.39 Å². The van der Waals surface area contributed by atoms with Gasteiger partial charge in [-0.25, -0.2) is 4.39 Å². The summed E-state index contributed by atoms with van der Waals surface area (Å²) >= 11 is 5.65. The van der Waals surface area contributed by atoms with Crippen molar-refractivity contribution in [2.45, 2.75) is 32.9 Å². The van der Waals surface area contributed by atoms with Crippen LogP contribution in [0.1, 0.15) is 32.4 Å². The maximum Gasteiger partial charge on any atom is 0.239 e. The van der Waals surface area contributed by atoms with Gasteiger partial charge in [0.1, 0.15) is 5.82 Å². The molecule has 5 heteroatoms. The molecule has 0 aliphatic heterocycles. The van der Waals surface area contributed by atoms with E-state index in [0.29, 0.717) is 6.54 Å². The highest BCUT2D eigenvalue weighted by Crippen LogP contribution is 2.20. The summed E-state index contributed by atoms with van der Waals surface area (Å²) in [7, 11) is 1.76. The molecule has 1 aromatic rings. The molecule has 106 valence electrons. The molecule has 2 atom stereocenters. The largest absolute Gasteiger partial charge is 0.345 e. The number of benzene rings is 1. The molecule has 19 heavy (non-hydrogen) atoms. The predicted octanol–water partition coefficient (Wildman–Crippen LogP) is 3.00. The molecule has 0 aromatic heterocycles. The van der Waals surface area contributed by atoms with E-state index in [9.17, 15) is 9.18 Å². The summed E-state index contributed by atoms with van der Waals surface area (Å²) in [4.78, 5) is 13.6. The third-order valence-electron chi connectivity index (χ3n) is 3.16. The van der Waals surface area contributed by atoms with Crippen LogP contribution in [0.25, 0.3) is 0 Å². The molecule has 0 saturated carbocycles. The number of carbonyl (C=O) groups is 1. The second kappa shape index (κ2) is 6.87. The van der Waals surface area contributed by atoms with Gasteiger partial charge in [0.25, 0.3) is 0 Å². The quantitative estimate of drug-likeness (QED) is 0.902. The second-order valence-corrected chi connectivity index (χ2v) is 5.04. The number of hydrogen-bond donors (Lipinski definition) is 1. The summed E-state index contributed by atoms with van der Waals surface area (Å²) in [5.41, 5.74) is 0.765. The summed E-state index contributed by atoms with van der Waals surface area (Å²) in [6, 6.07) is 4.22. The molecule has 0 aliphatic carbocycles. The molecule has 0 spiro atoms. The van der Waals surface area contributed by atoms with Crippen molar-refractivity contribution in [1.29, 1.82) is 0 Å². The third-order valence-corrected chi connectivity index (χ3v) is 3.47. The van der Waals surface area contributed by atoms with Gasteiger partial charge in [0.05, 0.1) is 11.1 Å². The fourth-order valence-corrected chi connectivity index (χ4v) is 1.93. The standard InChI is InChI=1S/C14H20ClFN2O/c1-5-18(4)14(19)10(3)17-9(2)11-6-7-12(15)13(16)8-11/h6-10,17H,5H2,1-4H3. The van der Waals surface area contributed by atoms with E-state index >= 15 is 0 Å². The smallest absolute Gasteiger partial charge is 0.239 e. The van der Waals surface area contributed by atoms with Crippen molar-refractivity contribution < 1.29 is 9.18 Å². The van der Waals surface area contributed by atoms with E-state index < -0.39 is 5.82 Å². The number of halogens is 2. The van der Waals surface area contributed by atoms with Gasteiger partial charge in [-0.2, -0.15) is 0 Å². The molecule has 1 N–H and O–H groups in total. The number of rotatable bonds is 5. The zero-order chi connectivity index (χ0) is 14.6. The number of carbonyl (C=O) groups excluding carboxylic acids is 1. The fourth-order valence-electron chi connectivity index (χ4n) is 1.81. The van der Waals surface area contributed by atoms with E-state index in [4.69, 9.17) is 11.6 Å². The summed E-state index contributed by atoms with van der Waals surface area (Å²) in [6.45, 7) is 6.27. The second-order valence-electron chi connectivity index (χ2n) is 4.64. The first kappa shape index (κ1) is 15.9. The Bertz CT molecular complexity index is 453. The van der Waals surface area contributed by atoms with Gasteiger partial charge >= 0.3 is 0 Å². The molecule has 0 saturated heterocycles. The maximum atomic E-state index is 13.4. The third kappa shape index (κ3) is 4.18. The SMILES string of the molecule is CCN(C)C(=O)C(C)NC(C)c1ccc(Cl)c(F)c1. The van der Waals surface area contributed by atoms with Crippen LogP contribution in [-0.4, -0.2) is 30.4 Å². The van der Waals surface area contributed by atoms with Gasteiger partial charge in [-0.3, -0.25) is 10.1 Å². The van der Waals surface area contributed by atoms with E-state index in [-0.39, 0.29) is 23.0 Å². The predicted molar refractivity (Wildman–Crippen MR) is 75.7 cm³/mol. The van der Waals surface area contributed by atoms with Crippen LogP contribution >= 0.6 is 11.6 Å². The molecule has 1 amide bonds. The highest BCUT2D eigenvalue weighted by molar-refractivity contribution is 6.30. The first-order chi connectivity index (χ1) is 8.86. The van der Waals surface area contributed by atoms with Gasteiger partial charge in [-0.05, 0) is 38.5 Å². The Labute approximate surface area is 118 Å². The number of amides is 1. The maximum absolute atomic E-state index is 13.4. The molecular formula is C14H20ClFN2O. The first-order valence-electron chi connectivity index (χ1n) is 6.32. The summed E-state index contributed by atoms with van der Waals surface area (Å²) in [6.07, 6.45) is 0. The number of likely N-dealkylation sites (N-methyl/N-ethyl adjacent to an activating group) is 1. The lowest BCUT2D eigenvalue weighted by molar-refractivity contribution is -0.131. The Morgan fingerprint density at radius 1 is 1.47 bits per heavy atom. The van der Waals surface area contributed by atoms with E-state index in [1.807, 2.05) is 13.8 Å². The van der Waals surface area contributed by atoms with Gasteiger partial charge in [0, 0.05) is 19.6 Å². The van der Waals surface area contributed by atoms with Gasteiger partial charge in [-0.1, -0.05) is 17.7 Å². The lowest BCUT2D eigenvalue weighted by Gasteiger charge is -2.24. The van der Waals surface area contributed by atoms with Crippen molar-refractivity contribution in [1.82, 2.24) is 10.2 Å². The highest BCUT2D eigenvalue weighted by Gasteiger charge is 2.19. The number of nitrogens with one attached hydrogen (secondary N) is 1. The zero-order valence-corrected chi connectivity index (χ0v) is 12.5. The van der Waals surface area contributed by atoms with Crippen molar-refractivity contribution in [3.8, 4) is 0 Å². The number of hydrogen-bond acceptors (Lipinski definition) is 2. The minimum absolute atomic E-state index is 0.0174. The van der Waals surface area contributed by atoms with Crippen LogP contribution < -0.4 is 5.32 Å². The van der Waals surface area contributed by atoms with Gasteiger partial charge in [-0.15, -0.1) is 0 Å². The Balaban J connectivity index is 2.71. The molecule has 0 heterocycles. The molecule has 1 rings (SSSR count). The zero-order valence-electron chi connectivity index (χ0n) is 11.7. The van der Waals surface area contributed by atoms with E-state index in [1.165, 1.54) is 12.1 Å². The summed E-state index contributed by atoms with van der Waals surface area (Å²) < 4.78 is 13.4. The van der Waals surface area contributed by atoms with Crippen LogP contribution in [-0.2, 0) is 4.79 Å². The lowest BCUT2D eigenvalue weighted by atomic mass is 10.1. The highest BCUT2D eigenvalue weighted by atomic mass is 35.5. The monoisotopic (exact) mass is 286 g/mol. The van der Waals surface area contributed by atoms with E-state index in [1.54, 1.807) is 24.9 Å². The molecule has 0 aliphatic rings. The van der Waals surface area contributed by atoms with Gasteiger partial charge in [0.2, 0.25) is 5.91 Å². The molecular weight excluding hydrogens is 267 g/mol. The normalized spacial score (nSPS) is 14.0. The Morgan fingerprint density at radius 2 is 2.11 bits per heavy atom. The minimum atomic E-state index is -0.447. The topological polar surface area (TPSA) is 32.3 Å². The van der Waals surface area contributed by atoms with Gasteiger partial charge in [0.15, 0.2) is 0 Å². The minimum Gasteiger partial charge on any atom is -0.345 e. The van der Waals surface area contributed by atoms with Crippen LogP contribution in [0.3, 0.4) is 0 Å². The van der Waals surface area contributed by atoms with Crippen molar-refractivity contribution in [3.05, 3.63) is 34.6 Å². The van der Waals surface area contributed by atoms with Gasteiger partial charge < -0.3 is 4.90 Å². The average Bonchev–Trinajstić information content (AvgIpc) is 2.39. The van der Waals surface area contributed by atoms with Crippen molar-refractivity contribution in [3.63, 3.8) is 0 Å². The molecule has 2 unspecified atom stereocenters. The summed E-state index contributed by atoms with van der Waals surface area (Å²) in [5.74, 6) is -0.429.